The summed E-state index contributed by atoms with van der Waals surface area (Å²) < 4.78 is 2.49. The number of rotatable bonds is 9. The maximum Gasteiger partial charge on any atom is 0.160 e. The maximum atomic E-state index is 5.39. The van der Waals surface area contributed by atoms with Gasteiger partial charge in [-0.2, -0.15) is 0 Å². The molecule has 0 aliphatic heterocycles. The summed E-state index contributed by atoms with van der Waals surface area (Å²) in [5, 5.41) is 2.40. The van der Waals surface area contributed by atoms with Crippen molar-refractivity contribution >= 4 is 21.8 Å². The van der Waals surface area contributed by atoms with Crippen LogP contribution in [0, 0.1) is 0 Å². The number of hydrogen-bond donors (Lipinski definition) is 0. The normalized spacial score (nSPS) is 11.3. The molecule has 314 valence electrons. The molecule has 3 nitrogen and oxygen atoms in total. The van der Waals surface area contributed by atoms with Gasteiger partial charge in [-0.25, -0.2) is 9.97 Å². The highest BCUT2D eigenvalue weighted by Gasteiger charge is 2.23. The molecule has 67 heavy (non-hydrogen) atoms. The van der Waals surface area contributed by atoms with Crippen LogP contribution in [-0.4, -0.2) is 14.5 Å². The predicted molar refractivity (Wildman–Crippen MR) is 280 cm³/mol. The smallest absolute Gasteiger partial charge is 0.160 e. The monoisotopic (exact) mass is 853 g/mol. The zero-order valence-corrected chi connectivity index (χ0v) is 36.7. The van der Waals surface area contributed by atoms with Crippen molar-refractivity contribution in [3.63, 3.8) is 0 Å². The summed E-state index contributed by atoms with van der Waals surface area (Å²) in [6.07, 6.45) is 0. The summed E-state index contributed by atoms with van der Waals surface area (Å²) in [6, 6.07) is 93.3. The Labute approximate surface area is 390 Å². The van der Waals surface area contributed by atoms with Gasteiger partial charge in [-0.3, -0.25) is 0 Å². The molecule has 0 aliphatic carbocycles. The minimum absolute atomic E-state index is 0.681. The molecule has 0 amide bonds. The third-order valence-electron chi connectivity index (χ3n) is 12.8. The second kappa shape index (κ2) is 17.2. The van der Waals surface area contributed by atoms with E-state index in [1.807, 2.05) is 24.3 Å². The quantitative estimate of drug-likeness (QED) is 0.145. The topological polar surface area (TPSA) is 30.7 Å². The van der Waals surface area contributed by atoms with Gasteiger partial charge < -0.3 is 4.57 Å². The van der Waals surface area contributed by atoms with Crippen LogP contribution in [0.2, 0.25) is 0 Å². The van der Waals surface area contributed by atoms with Crippen molar-refractivity contribution in [3.05, 3.63) is 261 Å². The van der Waals surface area contributed by atoms with Gasteiger partial charge in [0.2, 0.25) is 0 Å². The zero-order valence-electron chi connectivity index (χ0n) is 36.7. The van der Waals surface area contributed by atoms with Gasteiger partial charge in [-0.05, 0) is 80.9 Å². The SMILES string of the molecule is c1ccc(-c2ccc(-c3cc(-c4cc(-c5ccccc5)nc(-c5ccccc5)n4)cc(-c4ccc(-c5ccccc5)cc4)c3-n3c4ccccc4c4cc(-c5ccccc5)ccc43)cc2)cc1. The summed E-state index contributed by atoms with van der Waals surface area (Å²) in [5.74, 6) is 0.681. The van der Waals surface area contributed by atoms with Crippen molar-refractivity contribution in [2.45, 2.75) is 0 Å². The molecule has 0 atom stereocenters. The van der Waals surface area contributed by atoms with Crippen LogP contribution in [0.5, 0.6) is 0 Å². The van der Waals surface area contributed by atoms with Gasteiger partial charge in [-0.15, -0.1) is 0 Å². The van der Waals surface area contributed by atoms with E-state index in [9.17, 15) is 0 Å². The fourth-order valence-corrected chi connectivity index (χ4v) is 9.50. The van der Waals surface area contributed by atoms with Crippen LogP contribution < -0.4 is 0 Å². The van der Waals surface area contributed by atoms with E-state index < -0.39 is 0 Å². The van der Waals surface area contributed by atoms with Gasteiger partial charge in [0.25, 0.3) is 0 Å². The Balaban J connectivity index is 1.17. The molecular formula is C64H43N3. The first kappa shape index (κ1) is 39.7. The van der Waals surface area contributed by atoms with E-state index in [1.165, 1.54) is 44.2 Å². The molecule has 12 aromatic rings. The van der Waals surface area contributed by atoms with Crippen LogP contribution in [0.25, 0.3) is 117 Å². The van der Waals surface area contributed by atoms with Crippen LogP contribution in [0.15, 0.2) is 261 Å². The molecule has 0 aliphatic rings. The molecule has 0 radical (unpaired) electrons. The van der Waals surface area contributed by atoms with Crippen LogP contribution in [0.3, 0.4) is 0 Å². The van der Waals surface area contributed by atoms with Crippen molar-refractivity contribution in [3.8, 4) is 95.2 Å². The maximum absolute atomic E-state index is 5.39. The van der Waals surface area contributed by atoms with Gasteiger partial charge in [0, 0.05) is 38.6 Å². The van der Waals surface area contributed by atoms with E-state index in [-0.39, 0.29) is 0 Å². The molecule has 0 saturated carbocycles. The standard InChI is InChI=1S/C64H43N3/c1-6-18-44(19-7-1)47-30-34-49(35-31-47)56-41-54(60-43-59(51-24-12-4-13-25-51)65-64(66-60)52-26-14-5-15-27-52)42-57(50-36-32-48(33-37-50)45-20-8-2-9-21-45)63(56)67-61-29-17-16-28-55(61)58-40-53(38-39-62(58)67)46-22-10-3-11-23-46/h1-43H. The number of nitrogens with zero attached hydrogens (tertiary/aromatic N) is 3. The van der Waals surface area contributed by atoms with Crippen molar-refractivity contribution < 1.29 is 0 Å². The molecular weight excluding hydrogens is 811 g/mol. The minimum Gasteiger partial charge on any atom is -0.308 e. The highest BCUT2D eigenvalue weighted by Crippen LogP contribution is 2.45. The number of aromatic nitrogens is 3. The van der Waals surface area contributed by atoms with Crippen molar-refractivity contribution in [1.29, 1.82) is 0 Å². The van der Waals surface area contributed by atoms with Gasteiger partial charge in [0.1, 0.15) is 0 Å². The largest absolute Gasteiger partial charge is 0.308 e. The van der Waals surface area contributed by atoms with Gasteiger partial charge >= 0.3 is 0 Å². The third-order valence-corrected chi connectivity index (χ3v) is 12.8. The highest BCUT2D eigenvalue weighted by atomic mass is 15.0. The molecule has 0 bridgehead atoms. The second-order valence-electron chi connectivity index (χ2n) is 17.0. The first-order valence-corrected chi connectivity index (χ1v) is 22.8. The lowest BCUT2D eigenvalue weighted by molar-refractivity contribution is 1.17. The Hall–Kier alpha value is -8.92. The van der Waals surface area contributed by atoms with Gasteiger partial charge in [-0.1, -0.05) is 224 Å². The first-order valence-electron chi connectivity index (χ1n) is 22.8. The Morgan fingerprint density at radius 2 is 0.612 bits per heavy atom. The van der Waals surface area contributed by atoms with Gasteiger partial charge in [0.15, 0.2) is 5.82 Å². The van der Waals surface area contributed by atoms with E-state index in [4.69, 9.17) is 9.97 Å². The molecule has 2 heterocycles. The molecule has 2 aromatic heterocycles. The fraction of sp³-hybridized carbons (Fsp3) is 0. The average molecular weight is 854 g/mol. The highest BCUT2D eigenvalue weighted by molar-refractivity contribution is 6.12. The van der Waals surface area contributed by atoms with E-state index in [0.717, 1.165) is 67.1 Å². The second-order valence-corrected chi connectivity index (χ2v) is 17.0. The lowest BCUT2D eigenvalue weighted by Gasteiger charge is -2.22. The summed E-state index contributed by atoms with van der Waals surface area (Å²) in [7, 11) is 0. The number of benzene rings is 10. The summed E-state index contributed by atoms with van der Waals surface area (Å²) >= 11 is 0. The zero-order chi connectivity index (χ0) is 44.5. The third kappa shape index (κ3) is 7.59. The summed E-state index contributed by atoms with van der Waals surface area (Å²) in [4.78, 5) is 10.6. The molecule has 0 fully saturated rings. The van der Waals surface area contributed by atoms with Crippen molar-refractivity contribution in [1.82, 2.24) is 14.5 Å². The van der Waals surface area contributed by atoms with E-state index >= 15 is 0 Å². The number of fused-ring (bicyclic) bond motifs is 3. The molecule has 0 spiro atoms. The van der Waals surface area contributed by atoms with Crippen LogP contribution in [-0.2, 0) is 0 Å². The molecule has 10 aromatic carbocycles. The molecule has 3 heteroatoms. The number of hydrogen-bond acceptors (Lipinski definition) is 2. The first-order chi connectivity index (χ1) is 33.2. The van der Waals surface area contributed by atoms with Crippen LogP contribution >= 0.6 is 0 Å². The summed E-state index contributed by atoms with van der Waals surface area (Å²) in [5.41, 5.74) is 19.6. The lowest BCUT2D eigenvalue weighted by atomic mass is 9.90. The number of para-hydroxylation sites is 1. The Bertz CT molecular complexity index is 3510. The predicted octanol–water partition coefficient (Wildman–Crippen LogP) is 16.9. The fourth-order valence-electron chi connectivity index (χ4n) is 9.50. The average Bonchev–Trinajstić information content (AvgIpc) is 3.75. The van der Waals surface area contributed by atoms with Gasteiger partial charge in [0.05, 0.1) is 28.1 Å². The van der Waals surface area contributed by atoms with Crippen molar-refractivity contribution in [2.24, 2.45) is 0 Å². The Morgan fingerprint density at radius 3 is 1.13 bits per heavy atom. The Morgan fingerprint density at radius 1 is 0.239 bits per heavy atom. The molecule has 0 N–H and O–H groups in total. The van der Waals surface area contributed by atoms with E-state index in [2.05, 4.69) is 241 Å². The van der Waals surface area contributed by atoms with Crippen LogP contribution in [0.1, 0.15) is 0 Å². The van der Waals surface area contributed by atoms with E-state index in [1.54, 1.807) is 0 Å². The van der Waals surface area contributed by atoms with Crippen LogP contribution in [0.4, 0.5) is 0 Å². The molecule has 12 rings (SSSR count). The molecule has 0 unspecified atom stereocenters. The van der Waals surface area contributed by atoms with E-state index in [0.29, 0.717) is 5.82 Å². The molecule has 0 saturated heterocycles. The minimum atomic E-state index is 0.681. The Kier molecular flexibility index (Phi) is 10.2. The summed E-state index contributed by atoms with van der Waals surface area (Å²) in [6.45, 7) is 0. The van der Waals surface area contributed by atoms with Crippen molar-refractivity contribution in [2.75, 3.05) is 0 Å². The lowest BCUT2D eigenvalue weighted by Crippen LogP contribution is -2.03.